The number of hydrogen-bond donors (Lipinski definition) is 1. The standard InChI is InChI=1S/C28H30N2O4/c1-4-34-23-13-9-10-20(16-23)19-30-26(31)24-14-7-5-11-21(24)17-28(30,2)27(32)29-18-22-12-6-8-15-25(22)33-3/h5-16H,4,17-19H2,1-3H3,(H,29,32)/t28-/m1/s1. The molecular weight excluding hydrogens is 428 g/mol. The normalized spacial score (nSPS) is 17.1. The minimum absolute atomic E-state index is 0.154. The summed E-state index contributed by atoms with van der Waals surface area (Å²) in [4.78, 5) is 28.9. The van der Waals surface area contributed by atoms with Gasteiger partial charge >= 0.3 is 0 Å². The average Bonchev–Trinajstić information content (AvgIpc) is 2.85. The predicted octanol–water partition coefficient (Wildman–Crippen LogP) is 4.37. The lowest BCUT2D eigenvalue weighted by Crippen LogP contribution is -2.62. The summed E-state index contributed by atoms with van der Waals surface area (Å²) in [5.74, 6) is 1.09. The molecule has 0 saturated carbocycles. The van der Waals surface area contributed by atoms with Crippen LogP contribution in [0.1, 0.15) is 40.9 Å². The highest BCUT2D eigenvalue weighted by Crippen LogP contribution is 2.33. The van der Waals surface area contributed by atoms with Gasteiger partial charge in [-0.15, -0.1) is 0 Å². The van der Waals surface area contributed by atoms with Crippen LogP contribution >= 0.6 is 0 Å². The number of nitrogens with zero attached hydrogens (tertiary/aromatic N) is 1. The lowest BCUT2D eigenvalue weighted by Gasteiger charge is -2.44. The van der Waals surface area contributed by atoms with E-state index in [0.717, 1.165) is 22.4 Å². The van der Waals surface area contributed by atoms with Gasteiger partial charge in [0.1, 0.15) is 17.0 Å². The van der Waals surface area contributed by atoms with Crippen LogP contribution in [0.2, 0.25) is 0 Å². The summed E-state index contributed by atoms with van der Waals surface area (Å²) < 4.78 is 11.0. The Morgan fingerprint density at radius 3 is 2.62 bits per heavy atom. The number of para-hydroxylation sites is 1. The molecular formula is C28H30N2O4. The third-order valence-corrected chi connectivity index (χ3v) is 6.29. The van der Waals surface area contributed by atoms with Crippen molar-refractivity contribution in [2.45, 2.75) is 38.9 Å². The molecule has 6 nitrogen and oxygen atoms in total. The van der Waals surface area contributed by atoms with Gasteiger partial charge < -0.3 is 19.7 Å². The van der Waals surface area contributed by atoms with Crippen LogP contribution in [0.4, 0.5) is 0 Å². The number of nitrogens with one attached hydrogen (secondary N) is 1. The third kappa shape index (κ3) is 4.62. The number of carbonyl (C=O) groups is 2. The molecule has 1 aliphatic heterocycles. The molecule has 3 aromatic carbocycles. The molecule has 1 atom stereocenters. The van der Waals surface area contributed by atoms with E-state index in [-0.39, 0.29) is 11.8 Å². The summed E-state index contributed by atoms with van der Waals surface area (Å²) in [5.41, 5.74) is 2.23. The van der Waals surface area contributed by atoms with E-state index in [1.54, 1.807) is 12.0 Å². The van der Waals surface area contributed by atoms with Gasteiger partial charge in [0.05, 0.1) is 13.7 Å². The highest BCUT2D eigenvalue weighted by molar-refractivity contribution is 6.02. The second kappa shape index (κ2) is 10.00. The van der Waals surface area contributed by atoms with E-state index >= 15 is 0 Å². The van der Waals surface area contributed by atoms with Gasteiger partial charge in [-0.1, -0.05) is 48.5 Å². The molecule has 34 heavy (non-hydrogen) atoms. The van der Waals surface area contributed by atoms with Crippen LogP contribution in [0.15, 0.2) is 72.8 Å². The Morgan fingerprint density at radius 1 is 1.06 bits per heavy atom. The Balaban J connectivity index is 1.64. The lowest BCUT2D eigenvalue weighted by molar-refractivity contribution is -0.132. The molecule has 6 heteroatoms. The first-order chi connectivity index (χ1) is 16.5. The Labute approximate surface area is 200 Å². The van der Waals surface area contributed by atoms with E-state index in [2.05, 4.69) is 5.32 Å². The van der Waals surface area contributed by atoms with Gasteiger partial charge in [-0.05, 0) is 49.2 Å². The highest BCUT2D eigenvalue weighted by atomic mass is 16.5. The number of rotatable bonds is 8. The van der Waals surface area contributed by atoms with Crippen molar-refractivity contribution < 1.29 is 19.1 Å². The highest BCUT2D eigenvalue weighted by Gasteiger charge is 2.46. The van der Waals surface area contributed by atoms with Gasteiger partial charge in [0, 0.05) is 30.6 Å². The Bertz CT molecular complexity index is 1190. The van der Waals surface area contributed by atoms with Crippen LogP contribution in [-0.4, -0.2) is 36.0 Å². The van der Waals surface area contributed by atoms with Crippen LogP contribution < -0.4 is 14.8 Å². The Morgan fingerprint density at radius 2 is 1.82 bits per heavy atom. The van der Waals surface area contributed by atoms with E-state index in [9.17, 15) is 9.59 Å². The van der Waals surface area contributed by atoms with E-state index in [4.69, 9.17) is 9.47 Å². The second-order valence-electron chi connectivity index (χ2n) is 8.57. The maximum Gasteiger partial charge on any atom is 0.255 e. The molecule has 2 amide bonds. The summed E-state index contributed by atoms with van der Waals surface area (Å²) in [5, 5.41) is 3.05. The lowest BCUT2D eigenvalue weighted by atomic mass is 9.82. The molecule has 0 fully saturated rings. The minimum Gasteiger partial charge on any atom is -0.496 e. The largest absolute Gasteiger partial charge is 0.496 e. The molecule has 1 heterocycles. The van der Waals surface area contributed by atoms with Crippen molar-refractivity contribution in [1.29, 1.82) is 0 Å². The van der Waals surface area contributed by atoms with Crippen LogP contribution in [-0.2, 0) is 24.3 Å². The molecule has 0 aromatic heterocycles. The molecule has 4 rings (SSSR count). The monoisotopic (exact) mass is 458 g/mol. The molecule has 176 valence electrons. The second-order valence-corrected chi connectivity index (χ2v) is 8.57. The van der Waals surface area contributed by atoms with E-state index < -0.39 is 5.54 Å². The van der Waals surface area contributed by atoms with Crippen LogP contribution in [0, 0.1) is 0 Å². The molecule has 1 aliphatic rings. The van der Waals surface area contributed by atoms with Gasteiger partial charge in [0.25, 0.3) is 5.91 Å². The molecule has 0 radical (unpaired) electrons. The fraction of sp³-hybridized carbons (Fsp3) is 0.286. The topological polar surface area (TPSA) is 67.9 Å². The number of carbonyl (C=O) groups excluding carboxylic acids is 2. The summed E-state index contributed by atoms with van der Waals surface area (Å²) in [7, 11) is 1.61. The number of methoxy groups -OCH3 is 1. The first-order valence-corrected chi connectivity index (χ1v) is 11.5. The van der Waals surface area contributed by atoms with Crippen molar-refractivity contribution >= 4 is 11.8 Å². The molecule has 0 unspecified atom stereocenters. The summed E-state index contributed by atoms with van der Waals surface area (Å²) in [6.07, 6.45) is 0.428. The molecule has 0 saturated heterocycles. The quantitative estimate of drug-likeness (QED) is 0.544. The number of hydrogen-bond acceptors (Lipinski definition) is 4. The number of fused-ring (bicyclic) bond motifs is 1. The summed E-state index contributed by atoms with van der Waals surface area (Å²) in [6, 6.07) is 22.7. The van der Waals surface area contributed by atoms with Crippen LogP contribution in [0.5, 0.6) is 11.5 Å². The molecule has 0 aliphatic carbocycles. The van der Waals surface area contributed by atoms with E-state index in [0.29, 0.717) is 37.4 Å². The first kappa shape index (κ1) is 23.4. The molecule has 0 spiro atoms. The zero-order valence-electron chi connectivity index (χ0n) is 19.8. The predicted molar refractivity (Wildman–Crippen MR) is 131 cm³/mol. The Hall–Kier alpha value is -3.80. The van der Waals surface area contributed by atoms with Crippen molar-refractivity contribution in [2.75, 3.05) is 13.7 Å². The average molecular weight is 459 g/mol. The zero-order valence-corrected chi connectivity index (χ0v) is 19.8. The number of benzene rings is 3. The molecule has 3 aromatic rings. The smallest absolute Gasteiger partial charge is 0.255 e. The van der Waals surface area contributed by atoms with Gasteiger partial charge in [-0.2, -0.15) is 0 Å². The Kier molecular flexibility index (Phi) is 6.87. The summed E-state index contributed by atoms with van der Waals surface area (Å²) >= 11 is 0. The number of amides is 2. The maximum absolute atomic E-state index is 13.6. The van der Waals surface area contributed by atoms with E-state index in [1.165, 1.54) is 0 Å². The van der Waals surface area contributed by atoms with Crippen LogP contribution in [0.3, 0.4) is 0 Å². The van der Waals surface area contributed by atoms with Gasteiger partial charge in [-0.3, -0.25) is 9.59 Å². The molecule has 0 bridgehead atoms. The third-order valence-electron chi connectivity index (χ3n) is 6.29. The maximum atomic E-state index is 13.6. The fourth-order valence-electron chi connectivity index (χ4n) is 4.47. The van der Waals surface area contributed by atoms with Crippen LogP contribution in [0.25, 0.3) is 0 Å². The SMILES string of the molecule is CCOc1cccc(CN2C(=O)c3ccccc3C[C@]2(C)C(=O)NCc2ccccc2OC)c1. The van der Waals surface area contributed by atoms with Crippen molar-refractivity contribution in [2.24, 2.45) is 0 Å². The summed E-state index contributed by atoms with van der Waals surface area (Å²) in [6.45, 7) is 4.93. The first-order valence-electron chi connectivity index (χ1n) is 11.5. The van der Waals surface area contributed by atoms with Crippen molar-refractivity contribution in [3.8, 4) is 11.5 Å². The number of ether oxygens (including phenoxy) is 2. The van der Waals surface area contributed by atoms with E-state index in [1.807, 2.05) is 86.6 Å². The van der Waals surface area contributed by atoms with Gasteiger partial charge in [-0.25, -0.2) is 0 Å². The zero-order chi connectivity index (χ0) is 24.1. The van der Waals surface area contributed by atoms with Crippen molar-refractivity contribution in [3.05, 3.63) is 95.1 Å². The van der Waals surface area contributed by atoms with Crippen molar-refractivity contribution in [3.63, 3.8) is 0 Å². The van der Waals surface area contributed by atoms with Gasteiger partial charge in [0.15, 0.2) is 0 Å². The minimum atomic E-state index is -1.06. The molecule has 1 N–H and O–H groups in total. The van der Waals surface area contributed by atoms with Gasteiger partial charge in [0.2, 0.25) is 5.91 Å². The fourth-order valence-corrected chi connectivity index (χ4v) is 4.47. The van der Waals surface area contributed by atoms with Crippen molar-refractivity contribution in [1.82, 2.24) is 10.2 Å².